The van der Waals surface area contributed by atoms with Crippen LogP contribution < -0.4 is 5.32 Å². The van der Waals surface area contributed by atoms with E-state index in [1.807, 2.05) is 37.3 Å². The standard InChI is InChI=1S/C17H26N2O2/c1-4-21-16(20)15(14-9-6-5-7-10-14)18-13-17(19(2)3)11-8-12-17/h5-7,9-10,15,18H,4,8,11-13H2,1-3H3. The van der Waals surface area contributed by atoms with Gasteiger partial charge in [0.1, 0.15) is 6.04 Å². The summed E-state index contributed by atoms with van der Waals surface area (Å²) in [5.41, 5.74) is 1.14. The second kappa shape index (κ2) is 7.05. The van der Waals surface area contributed by atoms with E-state index in [1.54, 1.807) is 0 Å². The van der Waals surface area contributed by atoms with Gasteiger partial charge in [-0.15, -0.1) is 0 Å². The zero-order chi connectivity index (χ0) is 15.3. The first-order valence-electron chi connectivity index (χ1n) is 7.71. The maximum atomic E-state index is 12.2. The molecule has 0 amide bonds. The summed E-state index contributed by atoms with van der Waals surface area (Å²) in [4.78, 5) is 14.5. The second-order valence-corrected chi connectivity index (χ2v) is 5.95. The molecular weight excluding hydrogens is 264 g/mol. The number of esters is 1. The van der Waals surface area contributed by atoms with Crippen molar-refractivity contribution in [1.29, 1.82) is 0 Å². The van der Waals surface area contributed by atoms with Gasteiger partial charge in [-0.25, -0.2) is 4.79 Å². The smallest absolute Gasteiger partial charge is 0.327 e. The van der Waals surface area contributed by atoms with Gasteiger partial charge in [0, 0.05) is 12.1 Å². The van der Waals surface area contributed by atoms with Crippen LogP contribution in [0.2, 0.25) is 0 Å². The maximum Gasteiger partial charge on any atom is 0.327 e. The Morgan fingerprint density at radius 1 is 1.33 bits per heavy atom. The lowest BCUT2D eigenvalue weighted by Crippen LogP contribution is -2.57. The highest BCUT2D eigenvalue weighted by Gasteiger charge is 2.39. The second-order valence-electron chi connectivity index (χ2n) is 5.95. The molecule has 1 atom stereocenters. The quantitative estimate of drug-likeness (QED) is 0.783. The number of carbonyl (C=O) groups is 1. The molecule has 1 aromatic rings. The summed E-state index contributed by atoms with van der Waals surface area (Å²) in [6.45, 7) is 3.05. The van der Waals surface area contributed by atoms with Crippen molar-refractivity contribution in [3.8, 4) is 0 Å². The first-order valence-corrected chi connectivity index (χ1v) is 7.71. The van der Waals surface area contributed by atoms with E-state index in [4.69, 9.17) is 4.74 Å². The summed E-state index contributed by atoms with van der Waals surface area (Å²) >= 11 is 0. The molecule has 0 heterocycles. The number of hydrogen-bond donors (Lipinski definition) is 1. The van der Waals surface area contributed by atoms with Crippen LogP contribution in [0.4, 0.5) is 0 Å². The van der Waals surface area contributed by atoms with E-state index in [9.17, 15) is 4.79 Å². The molecule has 0 aliphatic heterocycles. The number of ether oxygens (including phenoxy) is 1. The fraction of sp³-hybridized carbons (Fsp3) is 0.588. The predicted octanol–water partition coefficient (Wildman–Crippen LogP) is 2.36. The normalized spacial score (nSPS) is 18.1. The molecule has 2 rings (SSSR count). The first kappa shape index (κ1) is 16.0. The lowest BCUT2D eigenvalue weighted by Gasteiger charge is -2.48. The van der Waals surface area contributed by atoms with Crippen molar-refractivity contribution < 1.29 is 9.53 Å². The van der Waals surface area contributed by atoms with Crippen molar-refractivity contribution in [2.45, 2.75) is 37.8 Å². The highest BCUT2D eigenvalue weighted by atomic mass is 16.5. The molecule has 0 spiro atoms. The molecule has 1 unspecified atom stereocenters. The molecule has 1 aromatic carbocycles. The third-order valence-corrected chi connectivity index (χ3v) is 4.52. The molecular formula is C17H26N2O2. The average Bonchev–Trinajstić information content (AvgIpc) is 2.42. The Bertz CT molecular complexity index is 455. The highest BCUT2D eigenvalue weighted by Crippen LogP contribution is 2.36. The van der Waals surface area contributed by atoms with Crippen LogP contribution in [0.3, 0.4) is 0 Å². The Kier molecular flexibility index (Phi) is 5.37. The molecule has 1 aliphatic rings. The van der Waals surface area contributed by atoms with Gasteiger partial charge >= 0.3 is 5.97 Å². The Labute approximate surface area is 127 Å². The summed E-state index contributed by atoms with van der Waals surface area (Å²) < 4.78 is 5.22. The van der Waals surface area contributed by atoms with E-state index >= 15 is 0 Å². The fourth-order valence-electron chi connectivity index (χ4n) is 2.87. The van der Waals surface area contributed by atoms with E-state index in [0.717, 1.165) is 12.1 Å². The third-order valence-electron chi connectivity index (χ3n) is 4.52. The van der Waals surface area contributed by atoms with E-state index in [0.29, 0.717) is 6.61 Å². The van der Waals surface area contributed by atoms with Crippen LogP contribution in [0.25, 0.3) is 0 Å². The van der Waals surface area contributed by atoms with Gasteiger partial charge in [0.2, 0.25) is 0 Å². The molecule has 0 bridgehead atoms. The number of carbonyl (C=O) groups excluding carboxylic acids is 1. The number of likely N-dealkylation sites (N-methyl/N-ethyl adjacent to an activating group) is 1. The molecule has 1 fully saturated rings. The van der Waals surface area contributed by atoms with Crippen LogP contribution in [-0.4, -0.2) is 43.7 Å². The van der Waals surface area contributed by atoms with Crippen LogP contribution in [-0.2, 0) is 9.53 Å². The molecule has 0 aromatic heterocycles. The topological polar surface area (TPSA) is 41.6 Å². The Hall–Kier alpha value is -1.39. The van der Waals surface area contributed by atoms with Crippen LogP contribution >= 0.6 is 0 Å². The molecule has 4 heteroatoms. The van der Waals surface area contributed by atoms with Crippen molar-refractivity contribution in [3.63, 3.8) is 0 Å². The largest absolute Gasteiger partial charge is 0.465 e. The summed E-state index contributed by atoms with van der Waals surface area (Å²) in [6, 6.07) is 9.42. The molecule has 4 nitrogen and oxygen atoms in total. The predicted molar refractivity (Wildman–Crippen MR) is 84.1 cm³/mol. The van der Waals surface area contributed by atoms with Crippen molar-refractivity contribution in [2.24, 2.45) is 0 Å². The zero-order valence-corrected chi connectivity index (χ0v) is 13.3. The van der Waals surface area contributed by atoms with Gasteiger partial charge in [-0.1, -0.05) is 30.3 Å². The average molecular weight is 290 g/mol. The third kappa shape index (κ3) is 3.63. The van der Waals surface area contributed by atoms with Gasteiger partial charge in [0.25, 0.3) is 0 Å². The number of rotatable bonds is 7. The molecule has 21 heavy (non-hydrogen) atoms. The number of hydrogen-bond acceptors (Lipinski definition) is 4. The van der Waals surface area contributed by atoms with Crippen LogP contribution in [0.5, 0.6) is 0 Å². The Morgan fingerprint density at radius 3 is 2.48 bits per heavy atom. The molecule has 1 saturated carbocycles. The molecule has 0 saturated heterocycles. The van der Waals surface area contributed by atoms with Gasteiger partial charge in [-0.3, -0.25) is 5.32 Å². The summed E-state index contributed by atoms with van der Waals surface area (Å²) in [5.74, 6) is -0.197. The fourth-order valence-corrected chi connectivity index (χ4v) is 2.87. The lowest BCUT2D eigenvalue weighted by molar-refractivity contribution is -0.146. The molecule has 116 valence electrons. The van der Waals surface area contributed by atoms with E-state index in [2.05, 4.69) is 24.3 Å². The van der Waals surface area contributed by atoms with Crippen LogP contribution in [0.1, 0.15) is 37.8 Å². The monoisotopic (exact) mass is 290 g/mol. The molecule has 1 N–H and O–H groups in total. The minimum atomic E-state index is -0.386. The van der Waals surface area contributed by atoms with Gasteiger partial charge in [-0.05, 0) is 45.8 Å². The SMILES string of the molecule is CCOC(=O)C(NCC1(N(C)C)CCC1)c1ccccc1. The van der Waals surface area contributed by atoms with E-state index in [1.165, 1.54) is 19.3 Å². The highest BCUT2D eigenvalue weighted by molar-refractivity contribution is 5.77. The first-order chi connectivity index (χ1) is 10.1. The van der Waals surface area contributed by atoms with Gasteiger partial charge in [-0.2, -0.15) is 0 Å². The van der Waals surface area contributed by atoms with Crippen molar-refractivity contribution >= 4 is 5.97 Å². The Balaban J connectivity index is 2.08. The van der Waals surface area contributed by atoms with Gasteiger partial charge in [0.05, 0.1) is 6.61 Å². The Morgan fingerprint density at radius 2 is 2.00 bits per heavy atom. The number of benzene rings is 1. The molecule has 1 aliphatic carbocycles. The van der Waals surface area contributed by atoms with Crippen molar-refractivity contribution in [1.82, 2.24) is 10.2 Å². The number of nitrogens with zero attached hydrogens (tertiary/aromatic N) is 1. The van der Waals surface area contributed by atoms with E-state index < -0.39 is 0 Å². The summed E-state index contributed by atoms with van der Waals surface area (Å²) in [5, 5.41) is 3.43. The minimum Gasteiger partial charge on any atom is -0.465 e. The maximum absolute atomic E-state index is 12.2. The molecule has 0 radical (unpaired) electrons. The summed E-state index contributed by atoms with van der Waals surface area (Å²) in [7, 11) is 4.23. The lowest BCUT2D eigenvalue weighted by atomic mass is 9.75. The van der Waals surface area contributed by atoms with Crippen LogP contribution in [0.15, 0.2) is 30.3 Å². The number of nitrogens with one attached hydrogen (secondary N) is 1. The summed E-state index contributed by atoms with van der Waals surface area (Å²) in [6.07, 6.45) is 3.62. The van der Waals surface area contributed by atoms with Crippen molar-refractivity contribution in [2.75, 3.05) is 27.2 Å². The van der Waals surface area contributed by atoms with Crippen molar-refractivity contribution in [3.05, 3.63) is 35.9 Å². The zero-order valence-electron chi connectivity index (χ0n) is 13.3. The van der Waals surface area contributed by atoms with Crippen LogP contribution in [0, 0.1) is 0 Å². The minimum absolute atomic E-state index is 0.180. The van der Waals surface area contributed by atoms with Gasteiger partial charge < -0.3 is 9.64 Å². The van der Waals surface area contributed by atoms with Gasteiger partial charge in [0.15, 0.2) is 0 Å². The van der Waals surface area contributed by atoms with E-state index in [-0.39, 0.29) is 17.6 Å².